The summed E-state index contributed by atoms with van der Waals surface area (Å²) < 4.78 is 11.4. The first-order chi connectivity index (χ1) is 6.12. The van der Waals surface area contributed by atoms with Gasteiger partial charge in [0.15, 0.2) is 5.79 Å². The van der Waals surface area contributed by atoms with Crippen LogP contribution < -0.4 is 0 Å². The molecule has 1 fully saturated rings. The number of fused-ring (bicyclic) bond motifs is 1. The van der Waals surface area contributed by atoms with Crippen molar-refractivity contribution >= 4 is 0 Å². The summed E-state index contributed by atoms with van der Waals surface area (Å²) in [5.74, 6) is -0.480. The van der Waals surface area contributed by atoms with Crippen LogP contribution in [0.5, 0.6) is 0 Å². The van der Waals surface area contributed by atoms with E-state index in [1.807, 2.05) is 38.2 Å². The second kappa shape index (κ2) is 2.82. The van der Waals surface area contributed by atoms with Gasteiger partial charge in [-0.15, -0.1) is 0 Å². The molecule has 2 aliphatic rings. The van der Waals surface area contributed by atoms with Crippen LogP contribution in [0.25, 0.3) is 0 Å². The molecule has 2 atom stereocenters. The third-order valence-electron chi connectivity index (χ3n) is 2.28. The monoisotopic (exact) mass is 178 g/mol. The van der Waals surface area contributed by atoms with Gasteiger partial charge in [-0.05, 0) is 19.4 Å². The number of hydrogen-bond donors (Lipinski definition) is 0. The van der Waals surface area contributed by atoms with Gasteiger partial charge in [0.05, 0.1) is 0 Å². The van der Waals surface area contributed by atoms with Gasteiger partial charge in [-0.3, -0.25) is 0 Å². The molecule has 0 bridgehead atoms. The molecule has 1 aliphatic heterocycles. The molecule has 0 aromatic rings. The molecule has 2 heteroatoms. The lowest BCUT2D eigenvalue weighted by atomic mass is 10.00. The normalized spacial score (nSPS) is 35.4. The lowest BCUT2D eigenvalue weighted by Gasteiger charge is -2.18. The van der Waals surface area contributed by atoms with Crippen molar-refractivity contribution in [3.8, 4) is 0 Å². The second-order valence-electron chi connectivity index (χ2n) is 3.78. The zero-order valence-electron chi connectivity index (χ0n) is 7.99. The Morgan fingerprint density at radius 1 is 1.46 bits per heavy atom. The molecule has 0 amide bonds. The first-order valence-corrected chi connectivity index (χ1v) is 4.49. The van der Waals surface area contributed by atoms with Crippen LogP contribution in [0, 0.1) is 0 Å². The largest absolute Gasteiger partial charge is 0.340 e. The molecule has 1 aliphatic carbocycles. The second-order valence-corrected chi connectivity index (χ2v) is 3.78. The molecule has 0 spiro atoms. The smallest absolute Gasteiger partial charge is 0.164 e. The third kappa shape index (κ3) is 1.47. The van der Waals surface area contributed by atoms with Crippen LogP contribution >= 0.6 is 0 Å². The minimum atomic E-state index is -0.480. The summed E-state index contributed by atoms with van der Waals surface area (Å²) in [7, 11) is 0. The van der Waals surface area contributed by atoms with Crippen LogP contribution in [-0.2, 0) is 9.47 Å². The summed E-state index contributed by atoms with van der Waals surface area (Å²) in [5, 5.41) is 0. The highest BCUT2D eigenvalue weighted by Crippen LogP contribution is 2.34. The molecule has 0 unspecified atom stereocenters. The average molecular weight is 178 g/mol. The van der Waals surface area contributed by atoms with Crippen molar-refractivity contribution in [3.05, 3.63) is 36.5 Å². The molecular weight excluding hydrogens is 164 g/mol. The van der Waals surface area contributed by atoms with Gasteiger partial charge in [-0.1, -0.05) is 30.9 Å². The van der Waals surface area contributed by atoms with Crippen molar-refractivity contribution in [2.45, 2.75) is 31.8 Å². The molecule has 0 saturated carbocycles. The number of hydrogen-bond acceptors (Lipinski definition) is 2. The van der Waals surface area contributed by atoms with E-state index in [1.165, 1.54) is 0 Å². The fourth-order valence-corrected chi connectivity index (χ4v) is 1.74. The van der Waals surface area contributed by atoms with Gasteiger partial charge in [0.1, 0.15) is 12.2 Å². The quantitative estimate of drug-likeness (QED) is 0.612. The van der Waals surface area contributed by atoms with Crippen LogP contribution in [0.4, 0.5) is 0 Å². The highest BCUT2D eigenvalue weighted by atomic mass is 16.7. The summed E-state index contributed by atoms with van der Waals surface area (Å²) >= 11 is 0. The van der Waals surface area contributed by atoms with E-state index in [0.717, 1.165) is 5.57 Å². The molecule has 0 N–H and O–H groups in total. The van der Waals surface area contributed by atoms with Crippen molar-refractivity contribution in [2.24, 2.45) is 0 Å². The van der Waals surface area contributed by atoms with Gasteiger partial charge >= 0.3 is 0 Å². The Morgan fingerprint density at radius 3 is 2.92 bits per heavy atom. The lowest BCUT2D eigenvalue weighted by molar-refractivity contribution is -0.139. The maximum Gasteiger partial charge on any atom is 0.164 e. The molecule has 0 aromatic heterocycles. The van der Waals surface area contributed by atoms with Crippen LogP contribution in [0.15, 0.2) is 36.5 Å². The van der Waals surface area contributed by atoms with E-state index < -0.39 is 5.79 Å². The van der Waals surface area contributed by atoms with Crippen molar-refractivity contribution < 1.29 is 9.47 Å². The van der Waals surface area contributed by atoms with Crippen molar-refractivity contribution in [3.63, 3.8) is 0 Å². The van der Waals surface area contributed by atoms with Crippen LogP contribution in [0.1, 0.15) is 13.8 Å². The maximum atomic E-state index is 5.74. The zero-order chi connectivity index (χ0) is 9.47. The molecule has 1 heterocycles. The van der Waals surface area contributed by atoms with E-state index >= 15 is 0 Å². The van der Waals surface area contributed by atoms with E-state index in [2.05, 4.69) is 6.58 Å². The van der Waals surface area contributed by atoms with Gasteiger partial charge in [-0.25, -0.2) is 0 Å². The van der Waals surface area contributed by atoms with E-state index in [0.29, 0.717) is 0 Å². The summed E-state index contributed by atoms with van der Waals surface area (Å²) in [5.41, 5.74) is 1.10. The molecule has 2 rings (SSSR count). The summed E-state index contributed by atoms with van der Waals surface area (Å²) in [6.07, 6.45) is 7.92. The Morgan fingerprint density at radius 2 is 2.23 bits per heavy atom. The van der Waals surface area contributed by atoms with Crippen molar-refractivity contribution in [1.82, 2.24) is 0 Å². The Balaban J connectivity index is 2.26. The van der Waals surface area contributed by atoms with E-state index in [9.17, 15) is 0 Å². The maximum absolute atomic E-state index is 5.74. The first kappa shape index (κ1) is 8.73. The highest BCUT2D eigenvalue weighted by molar-refractivity contribution is 5.34. The van der Waals surface area contributed by atoms with Gasteiger partial charge in [0, 0.05) is 0 Å². The summed E-state index contributed by atoms with van der Waals surface area (Å²) in [6, 6.07) is 0. The fraction of sp³-hybridized carbons (Fsp3) is 0.455. The summed E-state index contributed by atoms with van der Waals surface area (Å²) in [6.45, 7) is 7.62. The van der Waals surface area contributed by atoms with Crippen molar-refractivity contribution in [2.75, 3.05) is 0 Å². The molecule has 1 saturated heterocycles. The van der Waals surface area contributed by atoms with Gasteiger partial charge in [-0.2, -0.15) is 0 Å². The van der Waals surface area contributed by atoms with Crippen LogP contribution in [0.2, 0.25) is 0 Å². The average Bonchev–Trinajstić information content (AvgIpc) is 2.37. The molecule has 2 nitrogen and oxygen atoms in total. The Hall–Kier alpha value is -0.860. The van der Waals surface area contributed by atoms with E-state index in [4.69, 9.17) is 9.47 Å². The van der Waals surface area contributed by atoms with Gasteiger partial charge in [0.25, 0.3) is 0 Å². The SMILES string of the molecule is C=CC1=CC=C[C@@H]2OC(C)(C)O[C@H]12. The molecule has 13 heavy (non-hydrogen) atoms. The molecule has 0 radical (unpaired) electrons. The van der Waals surface area contributed by atoms with Crippen LogP contribution in [-0.4, -0.2) is 18.0 Å². The minimum Gasteiger partial charge on any atom is -0.340 e. The highest BCUT2D eigenvalue weighted by Gasteiger charge is 2.41. The fourth-order valence-electron chi connectivity index (χ4n) is 1.74. The topological polar surface area (TPSA) is 18.5 Å². The van der Waals surface area contributed by atoms with E-state index in [1.54, 1.807) is 0 Å². The number of allylic oxidation sites excluding steroid dienone is 2. The predicted molar refractivity (Wildman–Crippen MR) is 51.2 cm³/mol. The van der Waals surface area contributed by atoms with Crippen LogP contribution in [0.3, 0.4) is 0 Å². The lowest BCUT2D eigenvalue weighted by Crippen LogP contribution is -2.24. The number of rotatable bonds is 1. The predicted octanol–water partition coefficient (Wildman–Crippen LogP) is 2.19. The summed E-state index contributed by atoms with van der Waals surface area (Å²) in [4.78, 5) is 0. The number of ether oxygens (including phenoxy) is 2. The van der Waals surface area contributed by atoms with E-state index in [-0.39, 0.29) is 12.2 Å². The zero-order valence-corrected chi connectivity index (χ0v) is 7.99. The van der Waals surface area contributed by atoms with Gasteiger partial charge < -0.3 is 9.47 Å². The van der Waals surface area contributed by atoms with Gasteiger partial charge in [0.2, 0.25) is 0 Å². The Bertz CT molecular complexity index is 286. The minimum absolute atomic E-state index is 0.0255. The molecular formula is C11H14O2. The Labute approximate surface area is 78.5 Å². The molecule has 0 aromatic carbocycles. The molecule has 70 valence electrons. The third-order valence-corrected chi connectivity index (χ3v) is 2.28. The first-order valence-electron chi connectivity index (χ1n) is 4.49. The van der Waals surface area contributed by atoms with Crippen molar-refractivity contribution in [1.29, 1.82) is 0 Å². The standard InChI is InChI=1S/C11H14O2/c1-4-8-6-5-7-9-10(8)13-11(2,3)12-9/h4-7,9-10H,1H2,2-3H3/t9-,10+/m0/s1. The Kier molecular flexibility index (Phi) is 1.90.